The van der Waals surface area contributed by atoms with Gasteiger partial charge in [-0.05, 0) is 86.1 Å². The summed E-state index contributed by atoms with van der Waals surface area (Å²) in [5.74, 6) is -0.444. The van der Waals surface area contributed by atoms with Crippen LogP contribution in [-0.2, 0) is 34.0 Å². The lowest BCUT2D eigenvalue weighted by Crippen LogP contribution is -2.29. The molecule has 1 aliphatic carbocycles. The molecule has 0 bridgehead atoms. The van der Waals surface area contributed by atoms with Gasteiger partial charge in [0, 0.05) is 18.7 Å². The third-order valence-electron chi connectivity index (χ3n) is 6.09. The van der Waals surface area contributed by atoms with Gasteiger partial charge in [0.2, 0.25) is 5.91 Å². The van der Waals surface area contributed by atoms with Crippen LogP contribution in [0.3, 0.4) is 0 Å². The smallest absolute Gasteiger partial charge is 0.225 e. The Kier molecular flexibility index (Phi) is 6.54. The summed E-state index contributed by atoms with van der Waals surface area (Å²) >= 11 is 0. The summed E-state index contributed by atoms with van der Waals surface area (Å²) in [5, 5.41) is 2.86. The van der Waals surface area contributed by atoms with E-state index in [9.17, 15) is 13.2 Å². The molecule has 0 atom stereocenters. The third kappa shape index (κ3) is 5.29. The first-order chi connectivity index (χ1) is 14.5. The van der Waals surface area contributed by atoms with E-state index in [0.29, 0.717) is 4.90 Å². The highest BCUT2D eigenvalue weighted by Crippen LogP contribution is 2.25. The normalized spacial score (nSPS) is 16.9. The molecule has 2 aromatic rings. The molecule has 1 N–H and O–H groups in total. The van der Waals surface area contributed by atoms with E-state index in [1.807, 2.05) is 24.3 Å². The molecule has 1 aliphatic heterocycles. The molecule has 160 valence electrons. The number of hydrogen-bond acceptors (Lipinski definition) is 4. The zero-order valence-corrected chi connectivity index (χ0v) is 18.2. The first kappa shape index (κ1) is 21.1. The van der Waals surface area contributed by atoms with Crippen LogP contribution in [0.2, 0.25) is 0 Å². The number of rotatable bonds is 7. The molecule has 1 heterocycles. The Balaban J connectivity index is 1.32. The summed E-state index contributed by atoms with van der Waals surface area (Å²) in [6.07, 6.45) is 6.79. The fraction of sp³-hybridized carbons (Fsp3) is 0.458. The van der Waals surface area contributed by atoms with Crippen molar-refractivity contribution >= 4 is 21.4 Å². The molecule has 0 spiro atoms. The van der Waals surface area contributed by atoms with Crippen LogP contribution >= 0.6 is 0 Å². The molecule has 2 aliphatic rings. The average molecular weight is 427 g/mol. The molecular formula is C24H30N2O3S. The average Bonchev–Trinajstić information content (AvgIpc) is 3.21. The minimum absolute atomic E-state index is 0.0459. The van der Waals surface area contributed by atoms with Crippen molar-refractivity contribution in [2.45, 2.75) is 56.4 Å². The highest BCUT2D eigenvalue weighted by Gasteiger charge is 2.20. The van der Waals surface area contributed by atoms with E-state index >= 15 is 0 Å². The van der Waals surface area contributed by atoms with Crippen LogP contribution in [0.15, 0.2) is 47.4 Å². The van der Waals surface area contributed by atoms with Crippen molar-refractivity contribution in [2.24, 2.45) is 0 Å². The van der Waals surface area contributed by atoms with E-state index in [4.69, 9.17) is 0 Å². The zero-order valence-electron chi connectivity index (χ0n) is 17.4. The molecule has 0 saturated carbocycles. The summed E-state index contributed by atoms with van der Waals surface area (Å²) in [6.45, 7) is 3.13. The Morgan fingerprint density at radius 3 is 2.57 bits per heavy atom. The topological polar surface area (TPSA) is 66.5 Å². The molecular weight excluding hydrogens is 396 g/mol. The van der Waals surface area contributed by atoms with Gasteiger partial charge in [-0.25, -0.2) is 8.42 Å². The van der Waals surface area contributed by atoms with Gasteiger partial charge in [-0.15, -0.1) is 0 Å². The van der Waals surface area contributed by atoms with E-state index in [0.717, 1.165) is 50.1 Å². The van der Waals surface area contributed by atoms with Crippen molar-refractivity contribution in [3.63, 3.8) is 0 Å². The largest absolute Gasteiger partial charge is 0.326 e. The van der Waals surface area contributed by atoms with E-state index in [1.165, 1.54) is 30.4 Å². The lowest BCUT2D eigenvalue weighted by atomic mass is 10.1. The first-order valence-electron chi connectivity index (χ1n) is 11.0. The second kappa shape index (κ2) is 9.31. The molecule has 1 amide bonds. The van der Waals surface area contributed by atoms with Gasteiger partial charge in [0.05, 0.1) is 10.6 Å². The van der Waals surface area contributed by atoms with Crippen LogP contribution in [0.1, 0.15) is 48.8 Å². The van der Waals surface area contributed by atoms with Gasteiger partial charge in [0.25, 0.3) is 0 Å². The standard InChI is InChI=1S/C24H30N2O3S/c27-24(12-15-30(28,29)23-11-10-20-7-5-8-21(20)17-23)25-22-9-4-6-19(16-22)18-26-13-2-1-3-14-26/h4,6,9-11,16-17H,1-3,5,7-8,12-15,18H2,(H,25,27). The van der Waals surface area contributed by atoms with E-state index in [1.54, 1.807) is 12.1 Å². The van der Waals surface area contributed by atoms with Crippen LogP contribution in [0.25, 0.3) is 0 Å². The number of fused-ring (bicyclic) bond motifs is 1. The number of benzene rings is 2. The fourth-order valence-electron chi connectivity index (χ4n) is 4.43. The van der Waals surface area contributed by atoms with Gasteiger partial charge in [-0.3, -0.25) is 9.69 Å². The lowest BCUT2D eigenvalue weighted by molar-refractivity contribution is -0.115. The summed E-state index contributed by atoms with van der Waals surface area (Å²) < 4.78 is 25.4. The Labute approximate surface area is 179 Å². The van der Waals surface area contributed by atoms with Crippen LogP contribution < -0.4 is 5.32 Å². The van der Waals surface area contributed by atoms with Crippen molar-refractivity contribution in [3.05, 3.63) is 59.2 Å². The Bertz CT molecular complexity index is 1010. The maximum Gasteiger partial charge on any atom is 0.225 e. The Morgan fingerprint density at radius 2 is 1.73 bits per heavy atom. The van der Waals surface area contributed by atoms with E-state index in [-0.39, 0.29) is 18.1 Å². The lowest BCUT2D eigenvalue weighted by Gasteiger charge is -2.26. The van der Waals surface area contributed by atoms with Gasteiger partial charge in [-0.2, -0.15) is 0 Å². The monoisotopic (exact) mass is 426 g/mol. The van der Waals surface area contributed by atoms with Gasteiger partial charge < -0.3 is 5.32 Å². The van der Waals surface area contributed by atoms with Crippen LogP contribution in [0, 0.1) is 0 Å². The number of nitrogens with one attached hydrogen (secondary N) is 1. The van der Waals surface area contributed by atoms with E-state index in [2.05, 4.69) is 16.3 Å². The van der Waals surface area contributed by atoms with Crippen molar-refractivity contribution in [2.75, 3.05) is 24.2 Å². The Morgan fingerprint density at radius 1 is 0.933 bits per heavy atom. The molecule has 0 aromatic heterocycles. The first-order valence-corrected chi connectivity index (χ1v) is 12.6. The molecule has 4 rings (SSSR count). The second-order valence-electron chi connectivity index (χ2n) is 8.44. The second-order valence-corrected chi connectivity index (χ2v) is 10.5. The predicted octanol–water partition coefficient (Wildman–Crippen LogP) is 3.96. The van der Waals surface area contributed by atoms with Gasteiger partial charge >= 0.3 is 0 Å². The molecule has 0 radical (unpaired) electrons. The SMILES string of the molecule is O=C(CCS(=O)(=O)c1ccc2c(c1)CCC2)Nc1cccc(CN2CCCCC2)c1. The summed E-state index contributed by atoms with van der Waals surface area (Å²) in [6, 6.07) is 13.2. The molecule has 0 unspecified atom stereocenters. The molecule has 2 aromatic carbocycles. The maximum absolute atomic E-state index is 12.7. The van der Waals surface area contributed by atoms with Crippen LogP contribution in [-0.4, -0.2) is 38.1 Å². The summed E-state index contributed by atoms with van der Waals surface area (Å²) in [7, 11) is -3.46. The molecule has 30 heavy (non-hydrogen) atoms. The summed E-state index contributed by atoms with van der Waals surface area (Å²) in [4.78, 5) is 15.2. The van der Waals surface area contributed by atoms with Gasteiger partial charge in [0.1, 0.15) is 0 Å². The number of carbonyl (C=O) groups is 1. The zero-order chi connectivity index (χ0) is 21.0. The molecule has 6 heteroatoms. The highest BCUT2D eigenvalue weighted by molar-refractivity contribution is 7.91. The van der Waals surface area contributed by atoms with Crippen molar-refractivity contribution in [3.8, 4) is 0 Å². The minimum Gasteiger partial charge on any atom is -0.326 e. The number of aryl methyl sites for hydroxylation is 2. The van der Waals surface area contributed by atoms with Crippen molar-refractivity contribution in [1.82, 2.24) is 4.90 Å². The van der Waals surface area contributed by atoms with Gasteiger partial charge in [0.15, 0.2) is 9.84 Å². The van der Waals surface area contributed by atoms with Crippen LogP contribution in [0.5, 0.6) is 0 Å². The van der Waals surface area contributed by atoms with E-state index < -0.39 is 9.84 Å². The predicted molar refractivity (Wildman–Crippen MR) is 119 cm³/mol. The van der Waals surface area contributed by atoms with Crippen LogP contribution in [0.4, 0.5) is 5.69 Å². The minimum atomic E-state index is -3.46. The van der Waals surface area contributed by atoms with Crippen molar-refractivity contribution < 1.29 is 13.2 Å². The third-order valence-corrected chi connectivity index (χ3v) is 7.81. The number of piperidine rings is 1. The molecule has 5 nitrogen and oxygen atoms in total. The number of amides is 1. The number of likely N-dealkylation sites (tertiary alicyclic amines) is 1. The fourth-order valence-corrected chi connectivity index (χ4v) is 5.72. The quantitative estimate of drug-likeness (QED) is 0.728. The van der Waals surface area contributed by atoms with Crippen molar-refractivity contribution in [1.29, 1.82) is 0 Å². The molecule has 1 saturated heterocycles. The van der Waals surface area contributed by atoms with Gasteiger partial charge in [-0.1, -0.05) is 24.6 Å². The number of nitrogens with zero attached hydrogens (tertiary/aromatic N) is 1. The highest BCUT2D eigenvalue weighted by atomic mass is 32.2. The number of sulfone groups is 1. The number of hydrogen-bond donors (Lipinski definition) is 1. The summed E-state index contributed by atoms with van der Waals surface area (Å²) in [5.41, 5.74) is 4.27. The number of carbonyl (C=O) groups excluding carboxylic acids is 1. The Hall–Kier alpha value is -2.18. The number of anilines is 1. The molecule has 1 fully saturated rings. The maximum atomic E-state index is 12.7.